The van der Waals surface area contributed by atoms with E-state index in [1.807, 2.05) is 6.92 Å². The summed E-state index contributed by atoms with van der Waals surface area (Å²) >= 11 is 5.88. The number of carbonyl (C=O) groups excluding carboxylic acids is 1. The maximum absolute atomic E-state index is 11.6. The van der Waals surface area contributed by atoms with Gasteiger partial charge >= 0.3 is 0 Å². The fourth-order valence-corrected chi connectivity index (χ4v) is 2.18. The third-order valence-electron chi connectivity index (χ3n) is 2.88. The minimum atomic E-state index is -1.24. The lowest BCUT2D eigenvalue weighted by molar-refractivity contribution is 0.00359. The average molecular weight is 240 g/mol. The lowest BCUT2D eigenvalue weighted by Crippen LogP contribution is -2.38. The first-order valence-electron chi connectivity index (χ1n) is 5.42. The topological polar surface area (TPSA) is 49.3 Å². The molecule has 0 saturated heterocycles. The minimum absolute atomic E-state index is 0.231. The molecular weight excluding hydrogens is 226 g/mol. The second-order valence-corrected chi connectivity index (χ2v) is 4.54. The second-order valence-electron chi connectivity index (χ2n) is 4.11. The zero-order chi connectivity index (χ0) is 11.8. The Bertz CT molecular complexity index is 433. The predicted molar refractivity (Wildman–Crippen MR) is 62.3 cm³/mol. The van der Waals surface area contributed by atoms with Crippen LogP contribution in [0.25, 0.3) is 0 Å². The van der Waals surface area contributed by atoms with Gasteiger partial charge in [0.2, 0.25) is 0 Å². The van der Waals surface area contributed by atoms with Crippen molar-refractivity contribution in [2.45, 2.75) is 31.9 Å². The van der Waals surface area contributed by atoms with Crippen LogP contribution in [0.3, 0.4) is 0 Å². The molecule has 1 unspecified atom stereocenters. The van der Waals surface area contributed by atoms with Gasteiger partial charge in [-0.25, -0.2) is 0 Å². The van der Waals surface area contributed by atoms with Crippen LogP contribution in [-0.2, 0) is 5.72 Å². The van der Waals surface area contributed by atoms with Crippen LogP contribution in [0.15, 0.2) is 18.2 Å². The van der Waals surface area contributed by atoms with Gasteiger partial charge < -0.3 is 10.4 Å². The summed E-state index contributed by atoms with van der Waals surface area (Å²) in [5.41, 5.74) is -0.130. The van der Waals surface area contributed by atoms with Crippen molar-refractivity contribution in [1.29, 1.82) is 0 Å². The monoisotopic (exact) mass is 239 g/mol. The number of aliphatic hydroxyl groups is 1. The maximum Gasteiger partial charge on any atom is 0.254 e. The summed E-state index contributed by atoms with van der Waals surface area (Å²) in [6.07, 6.45) is 2.33. The van der Waals surface area contributed by atoms with Crippen LogP contribution in [0.4, 0.5) is 0 Å². The molecule has 1 amide bonds. The van der Waals surface area contributed by atoms with Crippen LogP contribution in [0, 0.1) is 0 Å². The number of fused-ring (bicyclic) bond motifs is 1. The van der Waals surface area contributed by atoms with Gasteiger partial charge in [-0.15, -0.1) is 0 Å². The predicted octanol–water partition coefficient (Wildman–Crippen LogP) is 2.42. The highest BCUT2D eigenvalue weighted by Crippen LogP contribution is 2.34. The first-order chi connectivity index (χ1) is 7.57. The first-order valence-corrected chi connectivity index (χ1v) is 5.79. The lowest BCUT2D eigenvalue weighted by Gasteiger charge is -2.23. The molecule has 0 spiro atoms. The Morgan fingerprint density at radius 2 is 2.25 bits per heavy atom. The summed E-state index contributed by atoms with van der Waals surface area (Å²) in [5, 5.41) is 13.5. The number of amides is 1. The Morgan fingerprint density at radius 1 is 1.50 bits per heavy atom. The molecule has 1 atom stereocenters. The van der Waals surface area contributed by atoms with Crippen LogP contribution >= 0.6 is 11.6 Å². The summed E-state index contributed by atoms with van der Waals surface area (Å²) in [5.74, 6) is -0.231. The molecule has 1 heterocycles. The molecule has 0 fully saturated rings. The number of nitrogens with one attached hydrogen (secondary N) is 1. The molecule has 4 heteroatoms. The molecule has 0 aromatic heterocycles. The van der Waals surface area contributed by atoms with Crippen LogP contribution < -0.4 is 5.32 Å². The van der Waals surface area contributed by atoms with Gasteiger partial charge in [0.15, 0.2) is 5.72 Å². The van der Waals surface area contributed by atoms with E-state index in [1.165, 1.54) is 0 Å². The molecule has 0 aliphatic carbocycles. The second kappa shape index (κ2) is 4.07. The normalized spacial score (nSPS) is 23.1. The van der Waals surface area contributed by atoms with Gasteiger partial charge in [0, 0.05) is 16.1 Å². The van der Waals surface area contributed by atoms with E-state index in [4.69, 9.17) is 11.6 Å². The third kappa shape index (κ3) is 1.81. The van der Waals surface area contributed by atoms with Gasteiger partial charge in [-0.3, -0.25) is 4.79 Å². The van der Waals surface area contributed by atoms with Crippen molar-refractivity contribution < 1.29 is 9.90 Å². The van der Waals surface area contributed by atoms with E-state index in [-0.39, 0.29) is 5.91 Å². The van der Waals surface area contributed by atoms with Crippen LogP contribution in [-0.4, -0.2) is 11.0 Å². The number of rotatable bonds is 3. The maximum atomic E-state index is 11.6. The molecular formula is C12H14ClNO2. The summed E-state index contributed by atoms with van der Waals surface area (Å²) in [7, 11) is 0. The molecule has 0 bridgehead atoms. The molecule has 86 valence electrons. The molecule has 2 rings (SSSR count). The molecule has 1 aliphatic heterocycles. The number of hydrogen-bond acceptors (Lipinski definition) is 2. The standard InChI is InChI=1S/C12H14ClNO2/c1-2-3-6-12(16)10-7-8(13)4-5-9(10)11(15)14-12/h4-5,7,16H,2-3,6H2,1H3,(H,14,15). The molecule has 3 nitrogen and oxygen atoms in total. The van der Waals surface area contributed by atoms with E-state index in [1.54, 1.807) is 18.2 Å². The lowest BCUT2D eigenvalue weighted by atomic mass is 9.97. The number of halogens is 1. The Hall–Kier alpha value is -1.06. The van der Waals surface area contributed by atoms with Crippen LogP contribution in [0.5, 0.6) is 0 Å². The molecule has 1 aromatic carbocycles. The zero-order valence-corrected chi connectivity index (χ0v) is 9.84. The molecule has 1 aromatic rings. The van der Waals surface area contributed by atoms with Gasteiger partial charge in [0.25, 0.3) is 5.91 Å². The average Bonchev–Trinajstić information content (AvgIpc) is 2.49. The Balaban J connectivity index is 2.40. The van der Waals surface area contributed by atoms with E-state index in [9.17, 15) is 9.90 Å². The number of hydrogen-bond donors (Lipinski definition) is 2. The fraction of sp³-hybridized carbons (Fsp3) is 0.417. The highest BCUT2D eigenvalue weighted by Gasteiger charge is 2.40. The van der Waals surface area contributed by atoms with Crippen molar-refractivity contribution in [1.82, 2.24) is 5.32 Å². The number of unbranched alkanes of at least 4 members (excludes halogenated alkanes) is 1. The van der Waals surface area contributed by atoms with Gasteiger partial charge in [-0.1, -0.05) is 24.9 Å². The summed E-state index contributed by atoms with van der Waals surface area (Å²) in [4.78, 5) is 11.6. The largest absolute Gasteiger partial charge is 0.367 e. The van der Waals surface area contributed by atoms with Gasteiger partial charge in [0.05, 0.1) is 0 Å². The quantitative estimate of drug-likeness (QED) is 0.851. The van der Waals surface area contributed by atoms with Crippen LogP contribution in [0.1, 0.15) is 42.1 Å². The molecule has 0 radical (unpaired) electrons. The number of benzene rings is 1. The van der Waals surface area contributed by atoms with Crippen molar-refractivity contribution >= 4 is 17.5 Å². The van der Waals surface area contributed by atoms with E-state index < -0.39 is 5.72 Å². The van der Waals surface area contributed by atoms with E-state index in [2.05, 4.69) is 5.32 Å². The van der Waals surface area contributed by atoms with E-state index in [0.29, 0.717) is 22.6 Å². The van der Waals surface area contributed by atoms with Crippen molar-refractivity contribution in [2.24, 2.45) is 0 Å². The first kappa shape index (κ1) is 11.4. The van der Waals surface area contributed by atoms with Crippen molar-refractivity contribution in [3.8, 4) is 0 Å². The molecule has 0 saturated carbocycles. The van der Waals surface area contributed by atoms with Crippen molar-refractivity contribution in [3.05, 3.63) is 34.3 Å². The van der Waals surface area contributed by atoms with E-state index in [0.717, 1.165) is 12.8 Å². The van der Waals surface area contributed by atoms with E-state index >= 15 is 0 Å². The Kier molecular flexibility index (Phi) is 2.91. The Morgan fingerprint density at radius 3 is 2.94 bits per heavy atom. The Labute approximate surface area is 99.4 Å². The van der Waals surface area contributed by atoms with Gasteiger partial charge in [-0.2, -0.15) is 0 Å². The van der Waals surface area contributed by atoms with Gasteiger partial charge in [0.1, 0.15) is 0 Å². The highest BCUT2D eigenvalue weighted by atomic mass is 35.5. The summed E-state index contributed by atoms with van der Waals surface area (Å²) in [6.45, 7) is 2.04. The SMILES string of the molecule is CCCCC1(O)NC(=O)c2ccc(Cl)cc21. The zero-order valence-electron chi connectivity index (χ0n) is 9.09. The van der Waals surface area contributed by atoms with Crippen molar-refractivity contribution in [3.63, 3.8) is 0 Å². The fourth-order valence-electron chi connectivity index (χ4n) is 2.01. The number of carbonyl (C=O) groups is 1. The third-order valence-corrected chi connectivity index (χ3v) is 3.12. The minimum Gasteiger partial charge on any atom is -0.367 e. The molecule has 2 N–H and O–H groups in total. The van der Waals surface area contributed by atoms with Crippen LogP contribution in [0.2, 0.25) is 5.02 Å². The molecule has 1 aliphatic rings. The molecule has 16 heavy (non-hydrogen) atoms. The summed E-state index contributed by atoms with van der Waals surface area (Å²) < 4.78 is 0. The highest BCUT2D eigenvalue weighted by molar-refractivity contribution is 6.30. The van der Waals surface area contributed by atoms with Gasteiger partial charge in [-0.05, 0) is 31.0 Å². The summed E-state index contributed by atoms with van der Waals surface area (Å²) in [6, 6.07) is 4.97. The smallest absolute Gasteiger partial charge is 0.254 e. The van der Waals surface area contributed by atoms with Crippen molar-refractivity contribution in [2.75, 3.05) is 0 Å².